The van der Waals surface area contributed by atoms with Gasteiger partial charge in [0.15, 0.2) is 0 Å². The Morgan fingerprint density at radius 2 is 0.824 bits per heavy atom. The van der Waals surface area contributed by atoms with E-state index in [1.165, 1.54) is 65.4 Å². The number of aromatic nitrogens is 2. The van der Waals surface area contributed by atoms with E-state index in [1.54, 1.807) is 0 Å². The van der Waals surface area contributed by atoms with Gasteiger partial charge in [0.25, 0.3) is 0 Å². The van der Waals surface area contributed by atoms with E-state index < -0.39 is 8.80 Å². The summed E-state index contributed by atoms with van der Waals surface area (Å²) in [7, 11) is -0.949. The molecular weight excluding hydrogens is 428 g/mol. The second kappa shape index (κ2) is 6.49. The van der Waals surface area contributed by atoms with Gasteiger partial charge in [0, 0.05) is 32.9 Å². The maximum atomic E-state index is 2.47. The van der Waals surface area contributed by atoms with Crippen LogP contribution in [0.2, 0.25) is 6.55 Å². The summed E-state index contributed by atoms with van der Waals surface area (Å²) in [5, 5.41) is 8.72. The molecule has 0 saturated carbocycles. The molecule has 0 unspecified atom stereocenters. The molecule has 1 radical (unpaired) electrons. The van der Waals surface area contributed by atoms with Gasteiger partial charge in [0.2, 0.25) is 0 Å². The van der Waals surface area contributed by atoms with Crippen molar-refractivity contribution >= 4 is 62.8 Å². The second-order valence-electron chi connectivity index (χ2n) is 9.22. The molecule has 8 rings (SSSR count). The Hall–Kier alpha value is -4.08. The highest BCUT2D eigenvalue weighted by atomic mass is 28.3. The third-order valence-corrected chi connectivity index (χ3v) is 10.00. The fraction of sp³-hybridized carbons (Fsp3) is 0.0323. The van der Waals surface area contributed by atoms with Gasteiger partial charge in [-0.25, -0.2) is 0 Å². The Labute approximate surface area is 198 Å². The highest BCUT2D eigenvalue weighted by Gasteiger charge is 2.29. The van der Waals surface area contributed by atoms with Crippen molar-refractivity contribution in [3.05, 3.63) is 109 Å². The largest absolute Gasteiger partial charge is 0.309 e. The predicted molar refractivity (Wildman–Crippen MR) is 146 cm³/mol. The number of para-hydroxylation sites is 2. The molecular formula is C31H21N2Si. The third-order valence-electron chi connectivity index (χ3n) is 7.55. The van der Waals surface area contributed by atoms with Gasteiger partial charge >= 0.3 is 0 Å². The summed E-state index contributed by atoms with van der Waals surface area (Å²) in [6, 6.07) is 40.1. The van der Waals surface area contributed by atoms with Crippen LogP contribution in [0.4, 0.5) is 0 Å². The number of hydrogen-bond acceptors (Lipinski definition) is 0. The zero-order chi connectivity index (χ0) is 22.4. The summed E-state index contributed by atoms with van der Waals surface area (Å²) in [6.45, 7) is 2.47. The monoisotopic (exact) mass is 449 g/mol. The third kappa shape index (κ3) is 2.15. The van der Waals surface area contributed by atoms with Crippen LogP contribution in [0.25, 0.3) is 55.0 Å². The SMILES string of the molecule is C[Si]1c2cccc3c2c2c4c5c1cccc5n(-c1ccccc1)c4ccc2n3-c1ccccc1. The molecule has 0 atom stereocenters. The fourth-order valence-electron chi connectivity index (χ4n) is 6.18. The van der Waals surface area contributed by atoms with Crippen molar-refractivity contribution in [2.75, 3.05) is 0 Å². The molecule has 0 fully saturated rings. The average Bonchev–Trinajstić information content (AvgIpc) is 3.38. The highest BCUT2D eigenvalue weighted by Crippen LogP contribution is 2.42. The number of benzene rings is 5. The van der Waals surface area contributed by atoms with Crippen molar-refractivity contribution in [3.63, 3.8) is 0 Å². The molecule has 0 saturated heterocycles. The van der Waals surface area contributed by atoms with Crippen LogP contribution in [-0.4, -0.2) is 17.9 Å². The quantitative estimate of drug-likeness (QED) is 0.269. The van der Waals surface area contributed by atoms with Crippen molar-refractivity contribution < 1.29 is 0 Å². The number of rotatable bonds is 2. The van der Waals surface area contributed by atoms with E-state index >= 15 is 0 Å². The molecule has 0 amide bonds. The van der Waals surface area contributed by atoms with Crippen LogP contribution in [0, 0.1) is 0 Å². The van der Waals surface area contributed by atoms with Crippen molar-refractivity contribution in [2.24, 2.45) is 0 Å². The van der Waals surface area contributed by atoms with Crippen molar-refractivity contribution in [3.8, 4) is 11.4 Å². The lowest BCUT2D eigenvalue weighted by atomic mass is 10.1. The first-order valence-corrected chi connectivity index (χ1v) is 13.8. The minimum absolute atomic E-state index is 0.949. The van der Waals surface area contributed by atoms with Crippen molar-refractivity contribution in [1.29, 1.82) is 0 Å². The van der Waals surface area contributed by atoms with E-state index in [1.807, 2.05) is 0 Å². The lowest BCUT2D eigenvalue weighted by Crippen LogP contribution is -2.39. The Kier molecular flexibility index (Phi) is 3.51. The van der Waals surface area contributed by atoms with Crippen LogP contribution < -0.4 is 10.4 Å². The minimum Gasteiger partial charge on any atom is -0.309 e. The van der Waals surface area contributed by atoms with Crippen LogP contribution in [0.1, 0.15) is 0 Å². The molecule has 3 heterocycles. The normalized spacial score (nSPS) is 13.3. The summed E-state index contributed by atoms with van der Waals surface area (Å²) in [5.74, 6) is 0. The lowest BCUT2D eigenvalue weighted by Gasteiger charge is -2.14. The first kappa shape index (κ1) is 18.4. The Morgan fingerprint density at radius 1 is 0.412 bits per heavy atom. The molecule has 2 aromatic heterocycles. The Morgan fingerprint density at radius 3 is 1.26 bits per heavy atom. The summed E-state index contributed by atoms with van der Waals surface area (Å²) >= 11 is 0. The summed E-state index contributed by atoms with van der Waals surface area (Å²) in [6.07, 6.45) is 0. The molecule has 0 bridgehead atoms. The maximum absolute atomic E-state index is 2.47. The Bertz CT molecular complexity index is 1770. The molecule has 7 aromatic rings. The molecule has 3 heteroatoms. The summed E-state index contributed by atoms with van der Waals surface area (Å²) < 4.78 is 4.92. The van der Waals surface area contributed by atoms with E-state index in [4.69, 9.17) is 0 Å². The van der Waals surface area contributed by atoms with E-state index in [0.29, 0.717) is 0 Å². The first-order valence-electron chi connectivity index (χ1n) is 11.8. The van der Waals surface area contributed by atoms with Gasteiger partial charge in [-0.3, -0.25) is 0 Å². The molecule has 0 spiro atoms. The molecule has 1 aliphatic heterocycles. The maximum Gasteiger partial charge on any atom is 0.120 e. The van der Waals surface area contributed by atoms with E-state index in [2.05, 4.69) is 125 Å². The van der Waals surface area contributed by atoms with Gasteiger partial charge in [0.05, 0.1) is 22.1 Å². The van der Waals surface area contributed by atoms with E-state index in [-0.39, 0.29) is 0 Å². The molecule has 159 valence electrons. The topological polar surface area (TPSA) is 9.86 Å². The van der Waals surface area contributed by atoms with Gasteiger partial charge in [-0.05, 0) is 58.9 Å². The number of nitrogens with zero attached hydrogens (tertiary/aromatic N) is 2. The molecule has 0 N–H and O–H groups in total. The zero-order valence-corrected chi connectivity index (χ0v) is 19.8. The van der Waals surface area contributed by atoms with Crippen LogP contribution in [0.5, 0.6) is 0 Å². The molecule has 1 aliphatic rings. The predicted octanol–water partition coefficient (Wildman–Crippen LogP) is 6.43. The van der Waals surface area contributed by atoms with Gasteiger partial charge in [-0.2, -0.15) is 0 Å². The van der Waals surface area contributed by atoms with Gasteiger partial charge in [-0.1, -0.05) is 67.2 Å². The van der Waals surface area contributed by atoms with Crippen LogP contribution in [-0.2, 0) is 0 Å². The smallest absolute Gasteiger partial charge is 0.120 e. The second-order valence-corrected chi connectivity index (χ2v) is 11.5. The fourth-order valence-corrected chi connectivity index (χ4v) is 8.42. The minimum atomic E-state index is -0.949. The summed E-state index contributed by atoms with van der Waals surface area (Å²) in [4.78, 5) is 0. The Balaban J connectivity index is 1.69. The standard InChI is InChI=1S/C31H21N2Si/c1-34-26-16-8-14-22-28(26)30-24(32(22)20-10-4-2-5-11-20)18-19-25-31(30)29-23(15-9-17-27(29)34)33(25)21-12-6-3-7-13-21/h2-19H,1H3. The van der Waals surface area contributed by atoms with Crippen LogP contribution in [0.15, 0.2) is 109 Å². The number of hydrogen-bond donors (Lipinski definition) is 0. The van der Waals surface area contributed by atoms with Crippen LogP contribution in [0.3, 0.4) is 0 Å². The van der Waals surface area contributed by atoms with Gasteiger partial charge in [0.1, 0.15) is 8.80 Å². The zero-order valence-electron chi connectivity index (χ0n) is 18.8. The van der Waals surface area contributed by atoms with Gasteiger partial charge in [-0.15, -0.1) is 0 Å². The van der Waals surface area contributed by atoms with Crippen molar-refractivity contribution in [1.82, 2.24) is 9.13 Å². The molecule has 34 heavy (non-hydrogen) atoms. The van der Waals surface area contributed by atoms with Gasteiger partial charge < -0.3 is 9.13 Å². The lowest BCUT2D eigenvalue weighted by molar-refractivity contribution is 1.17. The average molecular weight is 450 g/mol. The molecule has 0 aliphatic carbocycles. The van der Waals surface area contributed by atoms with E-state index in [0.717, 1.165) is 0 Å². The molecule has 5 aromatic carbocycles. The molecule has 2 nitrogen and oxygen atoms in total. The van der Waals surface area contributed by atoms with E-state index in [9.17, 15) is 0 Å². The summed E-state index contributed by atoms with van der Waals surface area (Å²) in [5.41, 5.74) is 7.64. The van der Waals surface area contributed by atoms with Crippen molar-refractivity contribution in [2.45, 2.75) is 6.55 Å². The highest BCUT2D eigenvalue weighted by molar-refractivity contribution is 6.89. The van der Waals surface area contributed by atoms with Crippen LogP contribution >= 0.6 is 0 Å². The first-order chi connectivity index (χ1) is 16.8.